The first-order valence-corrected chi connectivity index (χ1v) is 7.63. The lowest BCUT2D eigenvalue weighted by Crippen LogP contribution is -2.54. The molecule has 4 nitrogen and oxygen atoms in total. The average molecular weight is 351 g/mol. The number of carbonyl (C=O) groups is 2. The second-order valence-corrected chi connectivity index (χ2v) is 5.91. The summed E-state index contributed by atoms with van der Waals surface area (Å²) < 4.78 is 26.1. The third-order valence-electron chi connectivity index (χ3n) is 3.84. The van der Waals surface area contributed by atoms with Crippen LogP contribution in [0.2, 0.25) is 5.02 Å². The van der Waals surface area contributed by atoms with Crippen molar-refractivity contribution in [2.24, 2.45) is 5.92 Å². The van der Waals surface area contributed by atoms with E-state index in [1.165, 1.54) is 11.0 Å². The molecule has 1 N–H and O–H groups in total. The highest BCUT2D eigenvalue weighted by Crippen LogP contribution is 2.24. The fourth-order valence-corrected chi connectivity index (χ4v) is 2.60. The second-order valence-electron chi connectivity index (χ2n) is 5.51. The zero-order chi connectivity index (χ0) is 17.3. The van der Waals surface area contributed by atoms with Crippen LogP contribution < -0.4 is 5.32 Å². The monoisotopic (exact) mass is 350 g/mol. The lowest BCUT2D eigenvalue weighted by molar-refractivity contribution is -0.123. The van der Waals surface area contributed by atoms with Crippen LogP contribution in [0.15, 0.2) is 42.5 Å². The molecular weight excluding hydrogens is 338 g/mol. The molecule has 7 heteroatoms. The van der Waals surface area contributed by atoms with Crippen molar-refractivity contribution in [3.63, 3.8) is 0 Å². The number of nitrogens with zero attached hydrogens (tertiary/aromatic N) is 1. The van der Waals surface area contributed by atoms with Crippen LogP contribution in [0.5, 0.6) is 0 Å². The highest BCUT2D eigenvalue weighted by Gasteiger charge is 2.36. The average Bonchev–Trinajstić information content (AvgIpc) is 2.50. The Hall–Kier alpha value is -2.47. The number of rotatable bonds is 3. The molecular formula is C17H13ClF2N2O2. The second kappa shape index (κ2) is 6.57. The highest BCUT2D eigenvalue weighted by atomic mass is 35.5. The van der Waals surface area contributed by atoms with Gasteiger partial charge in [0.1, 0.15) is 0 Å². The Morgan fingerprint density at radius 2 is 1.79 bits per heavy atom. The molecule has 3 rings (SSSR count). The summed E-state index contributed by atoms with van der Waals surface area (Å²) in [5.41, 5.74) is 0.563. The van der Waals surface area contributed by atoms with Crippen molar-refractivity contribution in [3.05, 3.63) is 64.7 Å². The van der Waals surface area contributed by atoms with Crippen LogP contribution in [0.4, 0.5) is 14.5 Å². The van der Waals surface area contributed by atoms with Gasteiger partial charge in [-0.25, -0.2) is 8.78 Å². The SMILES string of the molecule is O=C(Nc1ccccc1Cl)C1CN(C(=O)c2ccc(F)c(F)c2)C1. The molecule has 1 aliphatic rings. The molecule has 2 aromatic carbocycles. The largest absolute Gasteiger partial charge is 0.337 e. The van der Waals surface area contributed by atoms with Crippen LogP contribution in [0, 0.1) is 17.6 Å². The van der Waals surface area contributed by atoms with Crippen LogP contribution >= 0.6 is 11.6 Å². The van der Waals surface area contributed by atoms with Crippen molar-refractivity contribution in [1.82, 2.24) is 4.90 Å². The Bertz CT molecular complexity index is 807. The molecule has 0 radical (unpaired) electrons. The normalized spacial score (nSPS) is 14.2. The molecule has 1 aliphatic heterocycles. The van der Waals surface area contributed by atoms with Gasteiger partial charge in [0.15, 0.2) is 11.6 Å². The smallest absolute Gasteiger partial charge is 0.254 e. The topological polar surface area (TPSA) is 49.4 Å². The molecule has 0 bridgehead atoms. The summed E-state index contributed by atoms with van der Waals surface area (Å²) >= 11 is 5.98. The Balaban J connectivity index is 1.58. The van der Waals surface area contributed by atoms with E-state index in [-0.39, 0.29) is 30.5 Å². The molecule has 1 fully saturated rings. The van der Waals surface area contributed by atoms with Crippen LogP contribution in [-0.2, 0) is 4.79 Å². The molecule has 0 unspecified atom stereocenters. The molecule has 2 aromatic rings. The van der Waals surface area contributed by atoms with E-state index in [9.17, 15) is 18.4 Å². The molecule has 0 saturated carbocycles. The van der Waals surface area contributed by atoms with E-state index in [0.717, 1.165) is 12.1 Å². The lowest BCUT2D eigenvalue weighted by Gasteiger charge is -2.38. The van der Waals surface area contributed by atoms with Crippen molar-refractivity contribution >= 4 is 29.1 Å². The Morgan fingerprint density at radius 3 is 2.46 bits per heavy atom. The number of halogens is 3. The van der Waals surface area contributed by atoms with E-state index in [1.54, 1.807) is 24.3 Å². The van der Waals surface area contributed by atoms with E-state index < -0.39 is 17.5 Å². The number of hydrogen-bond acceptors (Lipinski definition) is 2. The Labute approximate surface area is 142 Å². The minimum absolute atomic E-state index is 0.0545. The minimum atomic E-state index is -1.07. The summed E-state index contributed by atoms with van der Waals surface area (Å²) in [6, 6.07) is 9.83. The molecule has 0 aliphatic carbocycles. The van der Waals surface area contributed by atoms with Gasteiger partial charge in [-0.1, -0.05) is 23.7 Å². The van der Waals surface area contributed by atoms with Gasteiger partial charge in [-0.2, -0.15) is 0 Å². The van der Waals surface area contributed by atoms with Crippen molar-refractivity contribution in [2.45, 2.75) is 0 Å². The Kier molecular flexibility index (Phi) is 4.49. The molecule has 0 spiro atoms. The highest BCUT2D eigenvalue weighted by molar-refractivity contribution is 6.33. The maximum atomic E-state index is 13.2. The Morgan fingerprint density at radius 1 is 1.08 bits per heavy atom. The molecule has 1 saturated heterocycles. The maximum absolute atomic E-state index is 13.2. The zero-order valence-corrected chi connectivity index (χ0v) is 13.2. The summed E-state index contributed by atoms with van der Waals surface area (Å²) in [5.74, 6) is -3.12. The quantitative estimate of drug-likeness (QED) is 0.923. The van der Waals surface area contributed by atoms with Crippen molar-refractivity contribution in [1.29, 1.82) is 0 Å². The molecule has 24 heavy (non-hydrogen) atoms. The summed E-state index contributed by atoms with van der Waals surface area (Å²) in [6.45, 7) is 0.433. The summed E-state index contributed by atoms with van der Waals surface area (Å²) in [4.78, 5) is 25.7. The van der Waals surface area contributed by atoms with E-state index in [2.05, 4.69) is 5.32 Å². The molecule has 0 aromatic heterocycles. The number of hydrogen-bond donors (Lipinski definition) is 1. The van der Waals surface area contributed by atoms with Crippen molar-refractivity contribution in [2.75, 3.05) is 18.4 Å². The van der Waals surface area contributed by atoms with Gasteiger partial charge < -0.3 is 10.2 Å². The van der Waals surface area contributed by atoms with Crippen molar-refractivity contribution in [3.8, 4) is 0 Å². The van der Waals surface area contributed by atoms with E-state index in [4.69, 9.17) is 11.6 Å². The maximum Gasteiger partial charge on any atom is 0.254 e. The number of nitrogens with one attached hydrogen (secondary N) is 1. The fourth-order valence-electron chi connectivity index (χ4n) is 2.42. The standard InChI is InChI=1S/C17H13ClF2N2O2/c18-12-3-1-2-4-15(12)21-16(23)11-8-22(9-11)17(24)10-5-6-13(19)14(20)7-10/h1-7,11H,8-9H2,(H,21,23). The molecule has 124 valence electrons. The first-order valence-electron chi connectivity index (χ1n) is 7.25. The number of amides is 2. The van der Waals surface area contributed by atoms with Crippen LogP contribution in [-0.4, -0.2) is 29.8 Å². The summed E-state index contributed by atoms with van der Waals surface area (Å²) in [6.07, 6.45) is 0. The van der Waals surface area contributed by atoms with Crippen LogP contribution in [0.1, 0.15) is 10.4 Å². The predicted octanol–water partition coefficient (Wildman–Crippen LogP) is 3.33. The molecule has 2 amide bonds. The summed E-state index contributed by atoms with van der Waals surface area (Å²) in [7, 11) is 0. The number of likely N-dealkylation sites (tertiary alicyclic amines) is 1. The first kappa shape index (κ1) is 16.4. The molecule has 1 heterocycles. The van der Waals surface area contributed by atoms with E-state index in [1.807, 2.05) is 0 Å². The lowest BCUT2D eigenvalue weighted by atomic mass is 9.97. The first-order chi connectivity index (χ1) is 11.5. The van der Waals surface area contributed by atoms with Gasteiger partial charge in [0, 0.05) is 18.7 Å². The number of anilines is 1. The van der Waals surface area contributed by atoms with E-state index >= 15 is 0 Å². The van der Waals surface area contributed by atoms with Gasteiger partial charge >= 0.3 is 0 Å². The third-order valence-corrected chi connectivity index (χ3v) is 4.17. The van der Waals surface area contributed by atoms with Crippen molar-refractivity contribution < 1.29 is 18.4 Å². The van der Waals surface area contributed by atoms with Gasteiger partial charge in [0.25, 0.3) is 5.91 Å². The number of para-hydroxylation sites is 1. The predicted molar refractivity (Wildman–Crippen MR) is 85.8 cm³/mol. The van der Waals surface area contributed by atoms with Gasteiger partial charge in [-0.05, 0) is 30.3 Å². The summed E-state index contributed by atoms with van der Waals surface area (Å²) in [5, 5.41) is 3.14. The van der Waals surface area contributed by atoms with Gasteiger partial charge in [-0.3, -0.25) is 9.59 Å². The molecule has 0 atom stereocenters. The van der Waals surface area contributed by atoms with Crippen LogP contribution in [0.3, 0.4) is 0 Å². The minimum Gasteiger partial charge on any atom is -0.337 e. The zero-order valence-electron chi connectivity index (χ0n) is 12.4. The number of carbonyl (C=O) groups excluding carboxylic acids is 2. The van der Waals surface area contributed by atoms with Gasteiger partial charge in [-0.15, -0.1) is 0 Å². The van der Waals surface area contributed by atoms with Gasteiger partial charge in [0.2, 0.25) is 5.91 Å². The third kappa shape index (κ3) is 3.23. The van der Waals surface area contributed by atoms with E-state index in [0.29, 0.717) is 10.7 Å². The number of benzene rings is 2. The van der Waals surface area contributed by atoms with Gasteiger partial charge in [0.05, 0.1) is 16.6 Å². The van der Waals surface area contributed by atoms with Crippen LogP contribution in [0.25, 0.3) is 0 Å². The fraction of sp³-hybridized carbons (Fsp3) is 0.176.